The van der Waals surface area contributed by atoms with Crippen molar-refractivity contribution in [3.63, 3.8) is 0 Å². The Morgan fingerprint density at radius 2 is 2.18 bits per heavy atom. The largest absolute Gasteiger partial charge is 0.330 e. The van der Waals surface area contributed by atoms with Crippen molar-refractivity contribution >= 4 is 21.7 Å². The molecule has 1 atom stereocenters. The average molecular weight is 251 g/mol. The summed E-state index contributed by atoms with van der Waals surface area (Å²) in [5.74, 6) is 1.03. The van der Waals surface area contributed by atoms with Crippen LogP contribution in [0.15, 0.2) is 24.3 Å². The summed E-state index contributed by atoms with van der Waals surface area (Å²) in [6, 6.07) is 8.06. The van der Waals surface area contributed by atoms with Crippen molar-refractivity contribution in [3.05, 3.63) is 30.0 Å². The van der Waals surface area contributed by atoms with Gasteiger partial charge in [-0.15, -0.1) is 0 Å². The first-order chi connectivity index (χ1) is 8.26. The molecule has 0 aliphatic carbocycles. The van der Waals surface area contributed by atoms with Gasteiger partial charge in [-0.2, -0.15) is 5.10 Å². The van der Waals surface area contributed by atoms with Crippen LogP contribution in [0, 0.1) is 0 Å². The highest BCUT2D eigenvalue weighted by molar-refractivity contribution is 7.84. The van der Waals surface area contributed by atoms with Crippen LogP contribution >= 0.6 is 0 Å². The number of nitrogens with two attached hydrogens (primary N) is 1. The smallest absolute Gasteiger partial charge is 0.0828 e. The van der Waals surface area contributed by atoms with Gasteiger partial charge < -0.3 is 5.73 Å². The van der Waals surface area contributed by atoms with Gasteiger partial charge in [0.25, 0.3) is 0 Å². The van der Waals surface area contributed by atoms with Crippen LogP contribution in [0.1, 0.15) is 12.6 Å². The second-order valence-electron chi connectivity index (χ2n) is 3.86. The van der Waals surface area contributed by atoms with Crippen LogP contribution in [-0.4, -0.2) is 26.3 Å². The van der Waals surface area contributed by atoms with Crippen molar-refractivity contribution in [3.8, 4) is 0 Å². The van der Waals surface area contributed by atoms with Crippen molar-refractivity contribution in [2.24, 2.45) is 5.73 Å². The zero-order valence-electron chi connectivity index (χ0n) is 9.93. The van der Waals surface area contributed by atoms with Gasteiger partial charge in [0.1, 0.15) is 0 Å². The molecule has 1 aromatic heterocycles. The highest BCUT2D eigenvalue weighted by Gasteiger charge is 2.11. The summed E-state index contributed by atoms with van der Waals surface area (Å²) in [5, 5.41) is 5.61. The molecule has 0 amide bonds. The monoisotopic (exact) mass is 251 g/mol. The molecule has 0 saturated carbocycles. The number of nitrogens with zero attached hydrogens (tertiary/aromatic N) is 2. The molecule has 0 aliphatic rings. The van der Waals surface area contributed by atoms with Gasteiger partial charge in [-0.1, -0.05) is 18.2 Å². The molecule has 0 saturated heterocycles. The Hall–Kier alpha value is -1.20. The molecule has 5 heteroatoms. The van der Waals surface area contributed by atoms with E-state index >= 15 is 0 Å². The van der Waals surface area contributed by atoms with Gasteiger partial charge in [0, 0.05) is 35.0 Å². The number of para-hydroxylation sites is 1. The Labute approximate surface area is 103 Å². The molecule has 0 aliphatic heterocycles. The first-order valence-corrected chi connectivity index (χ1v) is 7.24. The summed E-state index contributed by atoms with van der Waals surface area (Å²) < 4.78 is 13.7. The van der Waals surface area contributed by atoms with Crippen molar-refractivity contribution in [1.82, 2.24) is 9.78 Å². The summed E-state index contributed by atoms with van der Waals surface area (Å²) in [5.41, 5.74) is 7.43. The molecule has 92 valence electrons. The Morgan fingerprint density at radius 3 is 2.88 bits per heavy atom. The van der Waals surface area contributed by atoms with E-state index in [1.165, 1.54) is 0 Å². The second-order valence-corrected chi connectivity index (χ2v) is 5.43. The standard InChI is InChI=1S/C12H17N3OS/c1-2-15-12-6-4-3-5-10(12)11(14-15)9-17(16)8-7-13/h3-6H,2,7-9,13H2,1H3. The summed E-state index contributed by atoms with van der Waals surface area (Å²) in [6.45, 7) is 3.34. The van der Waals surface area contributed by atoms with Crippen LogP contribution in [-0.2, 0) is 23.1 Å². The minimum Gasteiger partial charge on any atom is -0.330 e. The van der Waals surface area contributed by atoms with E-state index < -0.39 is 10.8 Å². The van der Waals surface area contributed by atoms with Gasteiger partial charge in [-0.3, -0.25) is 8.89 Å². The molecule has 0 spiro atoms. The van der Waals surface area contributed by atoms with Crippen LogP contribution in [0.4, 0.5) is 0 Å². The van der Waals surface area contributed by atoms with E-state index in [0.717, 1.165) is 23.1 Å². The molecule has 1 unspecified atom stereocenters. The fourth-order valence-corrected chi connectivity index (χ4v) is 2.83. The highest BCUT2D eigenvalue weighted by Crippen LogP contribution is 2.19. The quantitative estimate of drug-likeness (QED) is 0.870. The minimum atomic E-state index is -0.917. The van der Waals surface area contributed by atoms with Gasteiger partial charge in [-0.25, -0.2) is 0 Å². The zero-order chi connectivity index (χ0) is 12.3. The predicted molar refractivity (Wildman–Crippen MR) is 71.2 cm³/mol. The average Bonchev–Trinajstić information content (AvgIpc) is 2.68. The number of hydrogen-bond donors (Lipinski definition) is 1. The number of aromatic nitrogens is 2. The van der Waals surface area contributed by atoms with E-state index in [1.807, 2.05) is 28.9 Å². The molecule has 0 bridgehead atoms. The van der Waals surface area contributed by atoms with Crippen LogP contribution in [0.2, 0.25) is 0 Å². The first kappa shape index (κ1) is 12.3. The van der Waals surface area contributed by atoms with Crippen LogP contribution in [0.3, 0.4) is 0 Å². The molecule has 0 fully saturated rings. The van der Waals surface area contributed by atoms with Crippen molar-refractivity contribution in [2.45, 2.75) is 19.2 Å². The van der Waals surface area contributed by atoms with Gasteiger partial charge in [0.05, 0.1) is 17.0 Å². The lowest BCUT2D eigenvalue weighted by atomic mass is 10.2. The van der Waals surface area contributed by atoms with Crippen LogP contribution in [0.5, 0.6) is 0 Å². The van der Waals surface area contributed by atoms with E-state index in [4.69, 9.17) is 5.73 Å². The lowest BCUT2D eigenvalue weighted by molar-refractivity contribution is 0.667. The molecule has 2 aromatic rings. The maximum Gasteiger partial charge on any atom is 0.0828 e. The molecule has 2 rings (SSSR count). The van der Waals surface area contributed by atoms with Crippen molar-refractivity contribution in [2.75, 3.05) is 12.3 Å². The Balaban J connectivity index is 2.37. The van der Waals surface area contributed by atoms with E-state index in [1.54, 1.807) is 0 Å². The Morgan fingerprint density at radius 1 is 1.41 bits per heavy atom. The van der Waals surface area contributed by atoms with Crippen molar-refractivity contribution < 1.29 is 4.21 Å². The second kappa shape index (κ2) is 5.42. The number of rotatable bonds is 5. The van der Waals surface area contributed by atoms with Crippen LogP contribution in [0.25, 0.3) is 10.9 Å². The van der Waals surface area contributed by atoms with Gasteiger partial charge >= 0.3 is 0 Å². The molecule has 0 radical (unpaired) electrons. The fourth-order valence-electron chi connectivity index (χ4n) is 1.90. The maximum atomic E-state index is 11.7. The number of hydrogen-bond acceptors (Lipinski definition) is 3. The molecule has 1 aromatic carbocycles. The van der Waals surface area contributed by atoms with E-state index in [0.29, 0.717) is 18.1 Å². The topological polar surface area (TPSA) is 60.9 Å². The van der Waals surface area contributed by atoms with E-state index in [2.05, 4.69) is 12.0 Å². The number of aryl methyl sites for hydroxylation is 1. The third-order valence-corrected chi connectivity index (χ3v) is 3.96. The lowest BCUT2D eigenvalue weighted by Crippen LogP contribution is -2.12. The van der Waals surface area contributed by atoms with Gasteiger partial charge in [-0.05, 0) is 13.0 Å². The molecule has 4 nitrogen and oxygen atoms in total. The van der Waals surface area contributed by atoms with E-state index in [-0.39, 0.29) is 0 Å². The maximum absolute atomic E-state index is 11.7. The first-order valence-electron chi connectivity index (χ1n) is 5.75. The summed E-state index contributed by atoms with van der Waals surface area (Å²) in [6.07, 6.45) is 0. The summed E-state index contributed by atoms with van der Waals surface area (Å²) >= 11 is 0. The molecule has 17 heavy (non-hydrogen) atoms. The SMILES string of the molecule is CCn1nc(CS(=O)CCN)c2ccccc21. The Kier molecular flexibility index (Phi) is 3.91. The zero-order valence-corrected chi connectivity index (χ0v) is 10.7. The summed E-state index contributed by atoms with van der Waals surface area (Å²) in [4.78, 5) is 0. The van der Waals surface area contributed by atoms with Crippen molar-refractivity contribution in [1.29, 1.82) is 0 Å². The Bertz CT molecular complexity index is 536. The van der Waals surface area contributed by atoms with Gasteiger partial charge in [0.15, 0.2) is 0 Å². The van der Waals surface area contributed by atoms with Gasteiger partial charge in [0.2, 0.25) is 0 Å². The number of benzene rings is 1. The fraction of sp³-hybridized carbons (Fsp3) is 0.417. The minimum absolute atomic E-state index is 0.457. The molecule has 2 N–H and O–H groups in total. The van der Waals surface area contributed by atoms with Crippen LogP contribution < -0.4 is 5.73 Å². The lowest BCUT2D eigenvalue weighted by Gasteiger charge is -1.97. The molecular formula is C12H17N3OS. The highest BCUT2D eigenvalue weighted by atomic mass is 32.2. The third-order valence-electron chi connectivity index (χ3n) is 2.68. The third kappa shape index (κ3) is 2.56. The predicted octanol–water partition coefficient (Wildman–Crippen LogP) is 1.26. The molecular weight excluding hydrogens is 234 g/mol. The number of fused-ring (bicyclic) bond motifs is 1. The summed E-state index contributed by atoms with van der Waals surface area (Å²) in [7, 11) is -0.917. The van der Waals surface area contributed by atoms with E-state index in [9.17, 15) is 4.21 Å². The normalized spacial score (nSPS) is 13.1. The molecule has 1 heterocycles.